The highest BCUT2D eigenvalue weighted by Gasteiger charge is 2.25. The van der Waals surface area contributed by atoms with Gasteiger partial charge in [0.25, 0.3) is 5.56 Å². The Balaban J connectivity index is 1.71. The van der Waals surface area contributed by atoms with Crippen LogP contribution >= 0.6 is 0 Å². The maximum absolute atomic E-state index is 12.2. The fourth-order valence-corrected chi connectivity index (χ4v) is 2.26. The van der Waals surface area contributed by atoms with Gasteiger partial charge in [-0.1, -0.05) is 31.2 Å². The van der Waals surface area contributed by atoms with E-state index in [1.165, 1.54) is 5.56 Å². The average molecular weight is 269 g/mol. The van der Waals surface area contributed by atoms with Gasteiger partial charge in [0.15, 0.2) is 5.82 Å². The van der Waals surface area contributed by atoms with Crippen LogP contribution in [0.2, 0.25) is 0 Å². The van der Waals surface area contributed by atoms with Crippen molar-refractivity contribution in [3.8, 4) is 0 Å². The van der Waals surface area contributed by atoms with E-state index in [0.29, 0.717) is 18.4 Å². The minimum atomic E-state index is -0.0137. The van der Waals surface area contributed by atoms with Crippen molar-refractivity contribution in [1.29, 1.82) is 0 Å². The Morgan fingerprint density at radius 2 is 1.95 bits per heavy atom. The summed E-state index contributed by atoms with van der Waals surface area (Å²) < 4.78 is 1.79. The van der Waals surface area contributed by atoms with E-state index in [4.69, 9.17) is 0 Å². The minimum Gasteiger partial charge on any atom is -0.361 e. The first-order valence-corrected chi connectivity index (χ1v) is 7.16. The predicted molar refractivity (Wildman–Crippen MR) is 79.9 cm³/mol. The third-order valence-electron chi connectivity index (χ3n) is 3.70. The third kappa shape index (κ3) is 2.74. The molecule has 1 aliphatic rings. The molecule has 0 amide bonds. The molecule has 0 atom stereocenters. The van der Waals surface area contributed by atoms with Crippen LogP contribution in [0.25, 0.3) is 0 Å². The molecule has 1 saturated carbocycles. The zero-order chi connectivity index (χ0) is 13.9. The van der Waals surface area contributed by atoms with Crippen LogP contribution in [-0.2, 0) is 13.0 Å². The van der Waals surface area contributed by atoms with E-state index in [0.717, 1.165) is 24.8 Å². The van der Waals surface area contributed by atoms with E-state index >= 15 is 0 Å². The van der Waals surface area contributed by atoms with Gasteiger partial charge in [0.05, 0.1) is 0 Å². The topological polar surface area (TPSA) is 46.9 Å². The van der Waals surface area contributed by atoms with Crippen molar-refractivity contribution in [2.75, 3.05) is 5.32 Å². The molecule has 1 aromatic heterocycles. The zero-order valence-electron chi connectivity index (χ0n) is 11.7. The first-order valence-electron chi connectivity index (χ1n) is 7.16. The van der Waals surface area contributed by atoms with Gasteiger partial charge in [-0.2, -0.15) is 0 Å². The van der Waals surface area contributed by atoms with Crippen LogP contribution in [-0.4, -0.2) is 9.55 Å². The summed E-state index contributed by atoms with van der Waals surface area (Å²) in [5.41, 5.74) is 2.47. The summed E-state index contributed by atoms with van der Waals surface area (Å²) in [6, 6.07) is 8.81. The predicted octanol–water partition coefficient (Wildman–Crippen LogP) is 2.75. The van der Waals surface area contributed by atoms with Gasteiger partial charge in [-0.15, -0.1) is 0 Å². The van der Waals surface area contributed by atoms with Crippen LogP contribution in [0.15, 0.2) is 41.5 Å². The summed E-state index contributed by atoms with van der Waals surface area (Å²) in [7, 11) is 0. The Morgan fingerprint density at radius 1 is 1.25 bits per heavy atom. The summed E-state index contributed by atoms with van der Waals surface area (Å²) >= 11 is 0. The zero-order valence-corrected chi connectivity index (χ0v) is 11.7. The van der Waals surface area contributed by atoms with E-state index < -0.39 is 0 Å². The van der Waals surface area contributed by atoms with Gasteiger partial charge in [0.2, 0.25) is 0 Å². The third-order valence-corrected chi connectivity index (χ3v) is 3.70. The molecule has 1 heterocycles. The lowest BCUT2D eigenvalue weighted by molar-refractivity contribution is 0.699. The van der Waals surface area contributed by atoms with Gasteiger partial charge in [-0.05, 0) is 30.4 Å². The van der Waals surface area contributed by atoms with Crippen molar-refractivity contribution in [2.45, 2.75) is 38.8 Å². The van der Waals surface area contributed by atoms with E-state index in [1.54, 1.807) is 17.0 Å². The summed E-state index contributed by atoms with van der Waals surface area (Å²) in [5.74, 6) is 0.443. The molecule has 104 valence electrons. The maximum atomic E-state index is 12.2. The molecule has 0 bridgehead atoms. The Bertz CT molecular complexity index is 642. The van der Waals surface area contributed by atoms with Gasteiger partial charge in [-0.3, -0.25) is 4.79 Å². The fourth-order valence-electron chi connectivity index (χ4n) is 2.26. The largest absolute Gasteiger partial charge is 0.361 e. The Hall–Kier alpha value is -2.10. The summed E-state index contributed by atoms with van der Waals surface area (Å²) in [6.07, 6.45) is 6.72. The van der Waals surface area contributed by atoms with Crippen LogP contribution < -0.4 is 10.9 Å². The highest BCUT2D eigenvalue weighted by Crippen LogP contribution is 2.33. The van der Waals surface area contributed by atoms with Crippen LogP contribution in [0, 0.1) is 0 Å². The maximum Gasteiger partial charge on any atom is 0.293 e. The van der Waals surface area contributed by atoms with Crippen molar-refractivity contribution < 1.29 is 0 Å². The Morgan fingerprint density at radius 3 is 2.60 bits per heavy atom. The van der Waals surface area contributed by atoms with E-state index in [1.807, 2.05) is 0 Å². The second-order valence-electron chi connectivity index (χ2n) is 5.24. The highest BCUT2D eigenvalue weighted by atomic mass is 16.1. The van der Waals surface area contributed by atoms with Crippen molar-refractivity contribution in [3.63, 3.8) is 0 Å². The molecular weight excluding hydrogens is 250 g/mol. The smallest absolute Gasteiger partial charge is 0.293 e. The second kappa shape index (κ2) is 5.49. The summed E-state index contributed by atoms with van der Waals surface area (Å²) in [4.78, 5) is 16.4. The van der Waals surface area contributed by atoms with Crippen molar-refractivity contribution in [3.05, 3.63) is 58.1 Å². The second-order valence-corrected chi connectivity index (χ2v) is 5.24. The monoisotopic (exact) mass is 269 g/mol. The number of nitrogens with zero attached hydrogens (tertiary/aromatic N) is 2. The van der Waals surface area contributed by atoms with Gasteiger partial charge in [0.1, 0.15) is 0 Å². The molecule has 1 aromatic carbocycles. The number of benzene rings is 1. The van der Waals surface area contributed by atoms with Crippen molar-refractivity contribution in [1.82, 2.24) is 9.55 Å². The Labute approximate surface area is 118 Å². The van der Waals surface area contributed by atoms with Gasteiger partial charge >= 0.3 is 0 Å². The molecule has 4 heteroatoms. The van der Waals surface area contributed by atoms with Crippen LogP contribution in [0.4, 0.5) is 5.82 Å². The number of hydrogen-bond acceptors (Lipinski definition) is 3. The SMILES string of the molecule is CCc1ccc(CNc2nccn(C3CC3)c2=O)cc1. The molecule has 20 heavy (non-hydrogen) atoms. The number of anilines is 1. The number of nitrogens with one attached hydrogen (secondary N) is 1. The number of aryl methyl sites for hydroxylation is 1. The molecule has 0 saturated heterocycles. The first kappa shape index (κ1) is 12.9. The first-order chi connectivity index (χ1) is 9.78. The highest BCUT2D eigenvalue weighted by molar-refractivity contribution is 5.34. The molecule has 0 radical (unpaired) electrons. The molecule has 2 aromatic rings. The number of aromatic nitrogens is 2. The van der Waals surface area contributed by atoms with Crippen LogP contribution in [0.1, 0.15) is 36.9 Å². The standard InChI is InChI=1S/C16H19N3O/c1-2-12-3-5-13(6-4-12)11-18-15-16(20)19(10-9-17-15)14-7-8-14/h3-6,9-10,14H,2,7-8,11H2,1H3,(H,17,18). The molecule has 0 spiro atoms. The molecule has 0 unspecified atom stereocenters. The van der Waals surface area contributed by atoms with Gasteiger partial charge in [0, 0.05) is 25.0 Å². The Kier molecular flexibility index (Phi) is 3.54. The molecule has 0 aliphatic heterocycles. The van der Waals surface area contributed by atoms with Crippen LogP contribution in [0.3, 0.4) is 0 Å². The average Bonchev–Trinajstić information content (AvgIpc) is 3.31. The molecule has 3 rings (SSSR count). The van der Waals surface area contributed by atoms with Gasteiger partial charge in [-0.25, -0.2) is 4.98 Å². The molecule has 1 N–H and O–H groups in total. The van der Waals surface area contributed by atoms with Crippen molar-refractivity contribution >= 4 is 5.82 Å². The molecule has 1 fully saturated rings. The van der Waals surface area contributed by atoms with Crippen LogP contribution in [0.5, 0.6) is 0 Å². The minimum absolute atomic E-state index is 0.0137. The lowest BCUT2D eigenvalue weighted by Gasteiger charge is -2.08. The van der Waals surface area contributed by atoms with Crippen molar-refractivity contribution in [2.24, 2.45) is 0 Å². The molecule has 4 nitrogen and oxygen atoms in total. The quantitative estimate of drug-likeness (QED) is 0.908. The lowest BCUT2D eigenvalue weighted by Crippen LogP contribution is -2.23. The van der Waals surface area contributed by atoms with Gasteiger partial charge < -0.3 is 9.88 Å². The normalized spacial score (nSPS) is 14.2. The molecule has 1 aliphatic carbocycles. The summed E-state index contributed by atoms with van der Waals surface area (Å²) in [5, 5.41) is 3.15. The molecular formula is C16H19N3O. The lowest BCUT2D eigenvalue weighted by atomic mass is 10.1. The fraction of sp³-hybridized carbons (Fsp3) is 0.375. The van der Waals surface area contributed by atoms with E-state index in [2.05, 4.69) is 41.5 Å². The van der Waals surface area contributed by atoms with E-state index in [-0.39, 0.29) is 5.56 Å². The number of hydrogen-bond donors (Lipinski definition) is 1. The van der Waals surface area contributed by atoms with E-state index in [9.17, 15) is 4.79 Å². The number of rotatable bonds is 5. The summed E-state index contributed by atoms with van der Waals surface area (Å²) in [6.45, 7) is 2.77.